The molecule has 0 spiro atoms. The van der Waals surface area contributed by atoms with Gasteiger partial charge in [0.05, 0.1) is 6.61 Å². The minimum absolute atomic E-state index is 0.251. The fourth-order valence-corrected chi connectivity index (χ4v) is 4.03. The van der Waals surface area contributed by atoms with Gasteiger partial charge in [0.1, 0.15) is 5.60 Å². The van der Waals surface area contributed by atoms with E-state index >= 15 is 0 Å². The third-order valence-electron chi connectivity index (χ3n) is 5.01. The van der Waals surface area contributed by atoms with Crippen molar-refractivity contribution in [3.8, 4) is 0 Å². The van der Waals surface area contributed by atoms with E-state index in [0.29, 0.717) is 6.42 Å². The van der Waals surface area contributed by atoms with Crippen LogP contribution in [0, 0.1) is 17.8 Å². The van der Waals surface area contributed by atoms with Gasteiger partial charge in [0.2, 0.25) is 0 Å². The van der Waals surface area contributed by atoms with Crippen LogP contribution in [0.15, 0.2) is 0 Å². The van der Waals surface area contributed by atoms with E-state index in [1.165, 1.54) is 0 Å². The molecule has 1 aliphatic heterocycles. The number of halogens is 5. The van der Waals surface area contributed by atoms with Crippen molar-refractivity contribution in [2.75, 3.05) is 6.61 Å². The summed E-state index contributed by atoms with van der Waals surface area (Å²) < 4.78 is 70.7. The Morgan fingerprint density at radius 3 is 2.32 bits per heavy atom. The first-order valence-electron chi connectivity index (χ1n) is 6.09. The molecule has 2 saturated carbocycles. The lowest BCUT2D eigenvalue weighted by atomic mass is 9.68. The highest BCUT2D eigenvalue weighted by Crippen LogP contribution is 2.66. The molecule has 3 fully saturated rings. The number of ether oxygens (including phenoxy) is 1. The average molecular weight is 288 g/mol. The standard InChI is InChI=1S/C11H13F5O3/c12-9(13)8(17)6-2-1-5(3-6)7(8)4-19-10(9,18)11(14,15)16/h5-7,17-18H,1-4H2. The van der Waals surface area contributed by atoms with Crippen LogP contribution in [0.1, 0.15) is 19.3 Å². The zero-order chi connectivity index (χ0) is 14.3. The smallest absolute Gasteiger partial charge is 0.383 e. The highest BCUT2D eigenvalue weighted by Gasteiger charge is 2.85. The molecule has 110 valence electrons. The molecule has 8 heteroatoms. The minimum atomic E-state index is -5.67. The van der Waals surface area contributed by atoms with E-state index in [0.717, 1.165) is 0 Å². The first kappa shape index (κ1) is 13.5. The molecule has 1 heterocycles. The minimum Gasteiger partial charge on any atom is -0.383 e. The van der Waals surface area contributed by atoms with Gasteiger partial charge in [0.25, 0.3) is 0 Å². The van der Waals surface area contributed by atoms with Gasteiger partial charge in [-0.15, -0.1) is 0 Å². The lowest BCUT2D eigenvalue weighted by Gasteiger charge is -2.54. The van der Waals surface area contributed by atoms with Crippen LogP contribution in [-0.4, -0.2) is 40.3 Å². The van der Waals surface area contributed by atoms with Crippen LogP contribution in [0.4, 0.5) is 22.0 Å². The predicted octanol–water partition coefficient (Wildman–Crippen LogP) is 1.68. The number of rotatable bonds is 0. The Balaban J connectivity index is 2.08. The van der Waals surface area contributed by atoms with Crippen molar-refractivity contribution in [2.45, 2.75) is 42.7 Å². The molecule has 5 atom stereocenters. The first-order chi connectivity index (χ1) is 8.56. The van der Waals surface area contributed by atoms with Gasteiger partial charge in [-0.25, -0.2) is 0 Å². The monoisotopic (exact) mass is 288 g/mol. The summed E-state index contributed by atoms with van der Waals surface area (Å²) in [5.74, 6) is -11.6. The molecule has 19 heavy (non-hydrogen) atoms. The van der Waals surface area contributed by atoms with Crippen LogP contribution in [0.3, 0.4) is 0 Å². The normalized spacial score (nSPS) is 52.3. The van der Waals surface area contributed by atoms with Crippen molar-refractivity contribution in [2.24, 2.45) is 17.8 Å². The molecule has 5 unspecified atom stereocenters. The van der Waals surface area contributed by atoms with Crippen molar-refractivity contribution in [3.63, 3.8) is 0 Å². The number of fused-ring (bicyclic) bond motifs is 5. The van der Waals surface area contributed by atoms with Gasteiger partial charge >= 0.3 is 17.9 Å². The third kappa shape index (κ3) is 1.28. The summed E-state index contributed by atoms with van der Waals surface area (Å²) in [5, 5.41) is 19.6. The fraction of sp³-hybridized carbons (Fsp3) is 1.00. The summed E-state index contributed by atoms with van der Waals surface area (Å²) in [5.41, 5.74) is -2.83. The number of alkyl halides is 5. The lowest BCUT2D eigenvalue weighted by Crippen LogP contribution is -2.76. The molecule has 2 N–H and O–H groups in total. The molecular formula is C11H13F5O3. The first-order valence-corrected chi connectivity index (χ1v) is 6.09. The second kappa shape index (κ2) is 3.40. The maximum absolute atomic E-state index is 14.2. The Bertz CT molecular complexity index is 412. The molecule has 0 aromatic rings. The van der Waals surface area contributed by atoms with E-state index in [1.807, 2.05) is 0 Å². The fourth-order valence-electron chi connectivity index (χ4n) is 4.03. The van der Waals surface area contributed by atoms with Gasteiger partial charge < -0.3 is 14.9 Å². The Kier molecular flexibility index (Phi) is 2.42. The maximum atomic E-state index is 14.2. The van der Waals surface area contributed by atoms with Crippen LogP contribution in [0.2, 0.25) is 0 Å². The van der Waals surface area contributed by atoms with Crippen molar-refractivity contribution < 1.29 is 36.9 Å². The predicted molar refractivity (Wildman–Crippen MR) is 51.2 cm³/mol. The summed E-state index contributed by atoms with van der Waals surface area (Å²) in [7, 11) is 0. The largest absolute Gasteiger partial charge is 0.449 e. The van der Waals surface area contributed by atoms with Gasteiger partial charge in [-0.2, -0.15) is 22.0 Å². The Hall–Kier alpha value is -0.470. The van der Waals surface area contributed by atoms with E-state index in [1.54, 1.807) is 0 Å². The van der Waals surface area contributed by atoms with Gasteiger partial charge in [-0.3, -0.25) is 0 Å². The molecular weight excluding hydrogens is 275 g/mol. The molecule has 2 bridgehead atoms. The summed E-state index contributed by atoms with van der Waals surface area (Å²) in [6, 6.07) is 0. The molecule has 3 rings (SSSR count). The van der Waals surface area contributed by atoms with Crippen LogP contribution < -0.4 is 0 Å². The van der Waals surface area contributed by atoms with Crippen molar-refractivity contribution in [3.05, 3.63) is 0 Å². The van der Waals surface area contributed by atoms with E-state index in [2.05, 4.69) is 4.74 Å². The topological polar surface area (TPSA) is 49.7 Å². The van der Waals surface area contributed by atoms with E-state index in [4.69, 9.17) is 0 Å². The second-order valence-electron chi connectivity index (χ2n) is 5.73. The molecule has 3 aliphatic rings. The summed E-state index contributed by atoms with van der Waals surface area (Å²) >= 11 is 0. The quantitative estimate of drug-likeness (QED) is 0.667. The van der Waals surface area contributed by atoms with Gasteiger partial charge in [-0.05, 0) is 31.1 Å². The average Bonchev–Trinajstić information content (AvgIpc) is 2.83. The Morgan fingerprint density at radius 1 is 1.11 bits per heavy atom. The van der Waals surface area contributed by atoms with Gasteiger partial charge in [0.15, 0.2) is 0 Å². The van der Waals surface area contributed by atoms with Gasteiger partial charge in [0, 0.05) is 5.92 Å². The van der Waals surface area contributed by atoms with Crippen molar-refractivity contribution in [1.29, 1.82) is 0 Å². The maximum Gasteiger partial charge on any atom is 0.449 e. The van der Waals surface area contributed by atoms with Crippen LogP contribution in [0.25, 0.3) is 0 Å². The SMILES string of the molecule is OC12C3CCC(C3)C1COC(O)(C(F)(F)F)C2(F)F. The van der Waals surface area contributed by atoms with Crippen molar-refractivity contribution >= 4 is 0 Å². The third-order valence-corrected chi connectivity index (χ3v) is 5.01. The van der Waals surface area contributed by atoms with E-state index < -0.39 is 41.9 Å². The van der Waals surface area contributed by atoms with Gasteiger partial charge in [-0.1, -0.05) is 0 Å². The number of aliphatic hydroxyl groups is 2. The zero-order valence-electron chi connectivity index (χ0n) is 9.75. The summed E-state index contributed by atoms with van der Waals surface area (Å²) in [4.78, 5) is 0. The molecule has 3 nitrogen and oxygen atoms in total. The van der Waals surface area contributed by atoms with Crippen LogP contribution in [0.5, 0.6) is 0 Å². The Morgan fingerprint density at radius 2 is 1.74 bits per heavy atom. The number of hydrogen-bond acceptors (Lipinski definition) is 3. The van der Waals surface area contributed by atoms with E-state index in [-0.39, 0.29) is 18.8 Å². The zero-order valence-corrected chi connectivity index (χ0v) is 9.75. The molecule has 0 aromatic heterocycles. The molecule has 1 saturated heterocycles. The summed E-state index contributed by atoms with van der Waals surface area (Å²) in [6.07, 6.45) is -4.56. The van der Waals surface area contributed by atoms with Crippen molar-refractivity contribution in [1.82, 2.24) is 0 Å². The second-order valence-corrected chi connectivity index (χ2v) is 5.73. The highest BCUT2D eigenvalue weighted by molar-refractivity contribution is 5.20. The summed E-state index contributed by atoms with van der Waals surface area (Å²) in [6.45, 7) is -0.705. The Labute approximate surface area is 105 Å². The number of hydrogen-bond donors (Lipinski definition) is 2. The molecule has 0 amide bonds. The van der Waals surface area contributed by atoms with E-state index in [9.17, 15) is 32.2 Å². The molecule has 2 aliphatic carbocycles. The molecule has 0 aromatic carbocycles. The van der Waals surface area contributed by atoms with Crippen LogP contribution in [-0.2, 0) is 4.74 Å². The molecule has 0 radical (unpaired) electrons. The lowest BCUT2D eigenvalue weighted by molar-refractivity contribution is -0.484. The highest BCUT2D eigenvalue weighted by atomic mass is 19.4. The van der Waals surface area contributed by atoms with Crippen LogP contribution >= 0.6 is 0 Å².